The smallest absolute Gasteiger partial charge is 0.460 e. The van der Waals surface area contributed by atoms with E-state index in [1.165, 1.54) is 0 Å². The average Bonchev–Trinajstić information content (AvgIpc) is 3.49. The van der Waals surface area contributed by atoms with Crippen molar-refractivity contribution in [2.75, 3.05) is 16.9 Å². The summed E-state index contributed by atoms with van der Waals surface area (Å²) in [4.78, 5) is 48.8. The summed E-state index contributed by atoms with van der Waals surface area (Å²) in [5.41, 5.74) is -1.96. The number of halogens is 17. The minimum Gasteiger partial charge on any atom is -0.491 e. The van der Waals surface area contributed by atoms with Crippen molar-refractivity contribution >= 4 is 35.0 Å². The minimum absolute atomic E-state index is 0.0634. The van der Waals surface area contributed by atoms with Gasteiger partial charge in [-0.1, -0.05) is 0 Å². The van der Waals surface area contributed by atoms with E-state index in [9.17, 15) is 93.8 Å². The van der Waals surface area contributed by atoms with Crippen LogP contribution in [0.2, 0.25) is 0 Å². The molecule has 25 heteroatoms. The van der Waals surface area contributed by atoms with E-state index in [0.29, 0.717) is 37.5 Å². The van der Waals surface area contributed by atoms with Crippen LogP contribution in [-0.2, 0) is 19.2 Å². The fraction of sp³-hybridized carbons (Fsp3) is 0.333. The third-order valence-corrected chi connectivity index (χ3v) is 6.32. The fourth-order valence-electron chi connectivity index (χ4n) is 3.81. The van der Waals surface area contributed by atoms with Gasteiger partial charge < -0.3 is 9.47 Å². The number of carbonyl (C=O) groups is 4. The molecule has 1 aromatic carbocycles. The van der Waals surface area contributed by atoms with Gasteiger partial charge in [-0.2, -0.15) is 74.6 Å². The van der Waals surface area contributed by atoms with E-state index in [2.05, 4.69) is 9.47 Å². The summed E-state index contributed by atoms with van der Waals surface area (Å²) in [5.74, 6) is -63.8. The number of nitrogens with zero attached hydrogens (tertiary/aromatic N) is 2. The van der Waals surface area contributed by atoms with Crippen molar-refractivity contribution in [1.82, 2.24) is 0 Å². The van der Waals surface area contributed by atoms with Crippen molar-refractivity contribution in [2.45, 2.75) is 41.7 Å². The lowest BCUT2D eigenvalue weighted by Gasteiger charge is -2.41. The van der Waals surface area contributed by atoms with Crippen molar-refractivity contribution in [1.29, 1.82) is 0 Å². The highest BCUT2D eigenvalue weighted by molar-refractivity contribution is 6.30. The molecule has 0 saturated carbocycles. The number of hydrogen-bond acceptors (Lipinski definition) is 6. The topological polar surface area (TPSA) is 93.2 Å². The maximum absolute atomic E-state index is 14.7. The monoisotopic (exact) mass is 744 g/mol. The van der Waals surface area contributed by atoms with Crippen LogP contribution in [0.1, 0.15) is 0 Å². The van der Waals surface area contributed by atoms with Crippen molar-refractivity contribution in [2.24, 2.45) is 0 Å². The van der Waals surface area contributed by atoms with Gasteiger partial charge in [0.15, 0.2) is 11.5 Å². The van der Waals surface area contributed by atoms with Crippen LogP contribution in [0.5, 0.6) is 11.5 Å². The second-order valence-corrected chi connectivity index (χ2v) is 9.32. The lowest BCUT2D eigenvalue weighted by atomic mass is 9.91. The Kier molecular flexibility index (Phi) is 9.16. The summed E-state index contributed by atoms with van der Waals surface area (Å²) in [7, 11) is 0.539. The predicted molar refractivity (Wildman–Crippen MR) is 122 cm³/mol. The number of allylic oxidation sites excluding steroid dienone is 1. The van der Waals surface area contributed by atoms with Gasteiger partial charge >= 0.3 is 47.7 Å². The second kappa shape index (κ2) is 11.6. The summed E-state index contributed by atoms with van der Waals surface area (Å²) in [6, 6.07) is -3.22. The van der Waals surface area contributed by atoms with Gasteiger partial charge in [-0.3, -0.25) is 19.2 Å². The van der Waals surface area contributed by atoms with E-state index in [1.54, 1.807) is 0 Å². The lowest BCUT2D eigenvalue weighted by molar-refractivity contribution is -0.451. The first kappa shape index (κ1) is 38.6. The molecule has 0 atom stereocenters. The number of anilines is 2. The number of imide groups is 2. The number of amides is 4. The van der Waals surface area contributed by atoms with Gasteiger partial charge in [-0.15, -0.1) is 0 Å². The van der Waals surface area contributed by atoms with E-state index >= 15 is 0 Å². The number of benzene rings is 1. The molecule has 4 amide bonds. The van der Waals surface area contributed by atoms with Crippen molar-refractivity contribution in [3.8, 4) is 11.5 Å². The van der Waals surface area contributed by atoms with Crippen LogP contribution in [0.15, 0.2) is 48.3 Å². The third kappa shape index (κ3) is 5.50. The quantitative estimate of drug-likeness (QED) is 0.148. The highest BCUT2D eigenvalue weighted by Crippen LogP contribution is 2.63. The minimum atomic E-state index is -8.80. The number of alkyl halides is 15. The molecule has 0 radical (unpaired) electrons. The zero-order valence-electron chi connectivity index (χ0n) is 22.7. The molecule has 0 aromatic heterocycles. The SMILES string of the molecule is COc1c(OC(F)=C(F)C(F)(F)C(F)(F)C(F)(F)C(F)(F)C(F)(F)C(F)(F)C(F)(F)F)cc(N2C(=O)C=CC2=O)cc1N1C(=O)C=CC1=O. The Balaban J connectivity index is 2.20. The Morgan fingerprint density at radius 2 is 0.959 bits per heavy atom. The van der Waals surface area contributed by atoms with Crippen molar-refractivity contribution in [3.63, 3.8) is 0 Å². The Hall–Kier alpha value is -4.87. The molecule has 270 valence electrons. The van der Waals surface area contributed by atoms with Gasteiger partial charge in [0.05, 0.1) is 12.8 Å². The van der Waals surface area contributed by atoms with Crippen LogP contribution < -0.4 is 19.3 Å². The number of ether oxygens (including phenoxy) is 2. The maximum atomic E-state index is 14.7. The highest BCUT2D eigenvalue weighted by atomic mass is 19.4. The Morgan fingerprint density at radius 3 is 1.37 bits per heavy atom. The summed E-state index contributed by atoms with van der Waals surface area (Å²) in [6.07, 6.45) is -5.67. The molecule has 2 aliphatic rings. The Labute approximate surface area is 257 Å². The number of rotatable bonds is 11. The van der Waals surface area contributed by atoms with Gasteiger partial charge in [0.1, 0.15) is 5.69 Å². The van der Waals surface area contributed by atoms with Crippen molar-refractivity contribution < 1.29 is 103 Å². The zero-order chi connectivity index (χ0) is 38.1. The lowest BCUT2D eigenvalue weighted by Crippen LogP contribution is -2.72. The molecule has 0 aliphatic carbocycles. The Morgan fingerprint density at radius 1 is 0.571 bits per heavy atom. The first-order valence-electron chi connectivity index (χ1n) is 11.9. The molecule has 8 nitrogen and oxygen atoms in total. The highest BCUT2D eigenvalue weighted by Gasteiger charge is 2.94. The van der Waals surface area contributed by atoms with Gasteiger partial charge in [0.25, 0.3) is 23.6 Å². The molecule has 2 aliphatic heterocycles. The average molecular weight is 744 g/mol. The van der Waals surface area contributed by atoms with Gasteiger partial charge in [0, 0.05) is 30.4 Å². The molecule has 0 bridgehead atoms. The molecular weight excluding hydrogens is 735 g/mol. The summed E-state index contributed by atoms with van der Waals surface area (Å²) in [6.45, 7) is 0. The summed E-state index contributed by atoms with van der Waals surface area (Å²) < 4.78 is 240. The molecule has 0 N–H and O–H groups in total. The first-order valence-corrected chi connectivity index (χ1v) is 11.9. The van der Waals surface area contributed by atoms with Gasteiger partial charge in [-0.25, -0.2) is 9.80 Å². The number of hydrogen-bond donors (Lipinski definition) is 0. The fourth-order valence-corrected chi connectivity index (χ4v) is 3.81. The molecule has 0 unspecified atom stereocenters. The van der Waals surface area contributed by atoms with Crippen LogP contribution in [0.4, 0.5) is 86.0 Å². The molecule has 3 rings (SSSR count). The van der Waals surface area contributed by atoms with E-state index in [-0.39, 0.29) is 15.9 Å². The number of methoxy groups -OCH3 is 1. The Bertz CT molecular complexity index is 1660. The molecule has 2 heterocycles. The van der Waals surface area contributed by atoms with Crippen LogP contribution in [0.25, 0.3) is 0 Å². The van der Waals surface area contributed by atoms with Crippen molar-refractivity contribution in [3.05, 3.63) is 48.3 Å². The molecule has 0 fully saturated rings. The standard InChI is InChI=1S/C24H9F17N2O6/c1-48-15-9(43-13(46)4-5-14(43)47)6-8(42-11(44)2-3-12(42)45)7-10(15)49-17(26)16(25)18(27,28)19(29,30)20(31,32)21(33,34)22(35,36)23(37,38)24(39,40)41/h2-7H,1H3. The molecule has 49 heavy (non-hydrogen) atoms. The normalized spacial score (nSPS) is 17.4. The molecule has 0 saturated heterocycles. The predicted octanol–water partition coefficient (Wildman–Crippen LogP) is 6.42. The molecule has 1 aromatic rings. The van der Waals surface area contributed by atoms with E-state index in [1.807, 2.05) is 0 Å². The van der Waals surface area contributed by atoms with Crippen LogP contribution in [0, 0.1) is 0 Å². The van der Waals surface area contributed by atoms with Crippen LogP contribution in [-0.4, -0.2) is 72.4 Å². The van der Waals surface area contributed by atoms with E-state index < -0.39 is 100 Å². The number of carbonyl (C=O) groups excluding carboxylic acids is 4. The van der Waals surface area contributed by atoms with Gasteiger partial charge in [-0.05, 0) is 6.07 Å². The summed E-state index contributed by atoms with van der Waals surface area (Å²) >= 11 is 0. The van der Waals surface area contributed by atoms with Gasteiger partial charge in [0.2, 0.25) is 5.83 Å². The first-order chi connectivity index (χ1) is 22.0. The molecule has 0 spiro atoms. The van der Waals surface area contributed by atoms with E-state index in [0.717, 1.165) is 0 Å². The largest absolute Gasteiger partial charge is 0.491 e. The second-order valence-electron chi connectivity index (χ2n) is 9.32. The van der Waals surface area contributed by atoms with Crippen LogP contribution in [0.3, 0.4) is 0 Å². The van der Waals surface area contributed by atoms with E-state index in [4.69, 9.17) is 0 Å². The summed E-state index contributed by atoms with van der Waals surface area (Å²) in [5, 5.41) is 0. The van der Waals surface area contributed by atoms with Crippen LogP contribution >= 0.6 is 0 Å². The molecular formula is C24H9F17N2O6. The maximum Gasteiger partial charge on any atom is 0.460 e. The zero-order valence-corrected chi connectivity index (χ0v) is 22.7. The third-order valence-electron chi connectivity index (χ3n) is 6.32.